The molecule has 2 aromatic rings. The zero-order valence-electron chi connectivity index (χ0n) is 11.7. The maximum atomic E-state index is 10.3. The molecule has 0 aliphatic rings. The lowest BCUT2D eigenvalue weighted by Crippen LogP contribution is -1.99. The molecular formula is C14H15N3O3S. The van der Waals surface area contributed by atoms with Crippen LogP contribution in [0.2, 0.25) is 0 Å². The van der Waals surface area contributed by atoms with Gasteiger partial charge < -0.3 is 14.8 Å². The average molecular weight is 305 g/mol. The Morgan fingerprint density at radius 2 is 1.76 bits per heavy atom. The Hall–Kier alpha value is -2.28. The normalized spacial score (nSPS) is 10.0. The average Bonchev–Trinajstić information content (AvgIpc) is 2.54. The van der Waals surface area contributed by atoms with Crippen molar-refractivity contribution in [2.24, 2.45) is 0 Å². The van der Waals surface area contributed by atoms with Crippen LogP contribution in [-0.2, 0) is 10.5 Å². The van der Waals surface area contributed by atoms with Crippen molar-refractivity contribution in [1.82, 2.24) is 9.97 Å². The molecule has 6 nitrogen and oxygen atoms in total. The first-order valence-corrected chi connectivity index (χ1v) is 7.12. The summed E-state index contributed by atoms with van der Waals surface area (Å²) < 4.78 is 10.2. The van der Waals surface area contributed by atoms with Gasteiger partial charge in [0.2, 0.25) is 18.2 Å². The van der Waals surface area contributed by atoms with Crippen molar-refractivity contribution in [2.75, 3.05) is 19.5 Å². The van der Waals surface area contributed by atoms with Crippen molar-refractivity contribution >= 4 is 23.9 Å². The number of amides is 1. The van der Waals surface area contributed by atoms with Crippen LogP contribution in [0.3, 0.4) is 0 Å². The van der Waals surface area contributed by atoms with Gasteiger partial charge >= 0.3 is 0 Å². The third kappa shape index (κ3) is 4.35. The van der Waals surface area contributed by atoms with E-state index in [1.165, 1.54) is 0 Å². The summed E-state index contributed by atoms with van der Waals surface area (Å²) in [6.45, 7) is 0. The largest absolute Gasteiger partial charge is 0.481 e. The first kappa shape index (κ1) is 15.1. The maximum Gasteiger partial charge on any atom is 0.220 e. The molecule has 0 aliphatic carbocycles. The quantitative estimate of drug-likeness (QED) is 0.625. The van der Waals surface area contributed by atoms with E-state index < -0.39 is 0 Å². The molecule has 0 saturated carbocycles. The van der Waals surface area contributed by atoms with Crippen LogP contribution in [0.1, 0.15) is 5.82 Å². The van der Waals surface area contributed by atoms with E-state index in [4.69, 9.17) is 9.47 Å². The molecule has 0 saturated heterocycles. The molecule has 1 N–H and O–H groups in total. The van der Waals surface area contributed by atoms with Gasteiger partial charge in [0.1, 0.15) is 5.82 Å². The molecule has 1 aromatic heterocycles. The summed E-state index contributed by atoms with van der Waals surface area (Å²) in [5.41, 5.74) is 0.758. The predicted octanol–water partition coefficient (Wildman–Crippen LogP) is 2.35. The zero-order chi connectivity index (χ0) is 15.1. The summed E-state index contributed by atoms with van der Waals surface area (Å²) >= 11 is 1.59. The molecule has 0 fully saturated rings. The van der Waals surface area contributed by atoms with Gasteiger partial charge in [0.15, 0.2) is 0 Å². The fourth-order valence-electron chi connectivity index (χ4n) is 1.59. The van der Waals surface area contributed by atoms with Gasteiger partial charge in [-0.05, 0) is 24.3 Å². The van der Waals surface area contributed by atoms with Gasteiger partial charge in [-0.3, -0.25) is 4.79 Å². The number of benzene rings is 1. The monoisotopic (exact) mass is 305 g/mol. The Balaban J connectivity index is 2.03. The molecule has 1 aromatic carbocycles. The molecule has 21 heavy (non-hydrogen) atoms. The number of ether oxygens (including phenoxy) is 2. The van der Waals surface area contributed by atoms with E-state index in [2.05, 4.69) is 15.3 Å². The van der Waals surface area contributed by atoms with Gasteiger partial charge in [-0.2, -0.15) is 9.97 Å². The Labute approximate surface area is 126 Å². The molecular weight excluding hydrogens is 290 g/mol. The van der Waals surface area contributed by atoms with Crippen molar-refractivity contribution in [1.29, 1.82) is 0 Å². The number of rotatable bonds is 7. The van der Waals surface area contributed by atoms with Crippen molar-refractivity contribution < 1.29 is 14.3 Å². The molecule has 2 rings (SSSR count). The van der Waals surface area contributed by atoms with Crippen LogP contribution in [0.4, 0.5) is 5.69 Å². The van der Waals surface area contributed by atoms with Gasteiger partial charge in [0.05, 0.1) is 26.0 Å². The Bertz CT molecular complexity index is 583. The number of nitrogens with one attached hydrogen (secondary N) is 1. The van der Waals surface area contributed by atoms with Gasteiger partial charge in [-0.25, -0.2) is 0 Å². The van der Waals surface area contributed by atoms with Crippen molar-refractivity contribution in [3.05, 3.63) is 36.2 Å². The number of hydrogen-bond donors (Lipinski definition) is 1. The highest BCUT2D eigenvalue weighted by molar-refractivity contribution is 7.98. The van der Waals surface area contributed by atoms with Crippen molar-refractivity contribution in [2.45, 2.75) is 10.6 Å². The van der Waals surface area contributed by atoms with Crippen LogP contribution >= 0.6 is 11.8 Å². The third-order valence-corrected chi connectivity index (χ3v) is 3.60. The highest BCUT2D eigenvalue weighted by Gasteiger charge is 2.06. The summed E-state index contributed by atoms with van der Waals surface area (Å²) in [7, 11) is 3.11. The zero-order valence-corrected chi connectivity index (χ0v) is 12.5. The van der Waals surface area contributed by atoms with Gasteiger partial charge in [0.25, 0.3) is 0 Å². The Morgan fingerprint density at radius 1 is 1.14 bits per heavy atom. The van der Waals surface area contributed by atoms with E-state index in [-0.39, 0.29) is 0 Å². The molecule has 0 atom stereocenters. The smallest absolute Gasteiger partial charge is 0.220 e. The fourth-order valence-corrected chi connectivity index (χ4v) is 2.34. The van der Waals surface area contributed by atoms with E-state index in [1.54, 1.807) is 32.0 Å². The number of thioether (sulfide) groups is 1. The fraction of sp³-hybridized carbons (Fsp3) is 0.214. The molecule has 0 spiro atoms. The summed E-state index contributed by atoms with van der Waals surface area (Å²) in [5.74, 6) is 2.17. The lowest BCUT2D eigenvalue weighted by molar-refractivity contribution is -0.105. The molecule has 0 radical (unpaired) electrons. The molecule has 7 heteroatoms. The van der Waals surface area contributed by atoms with E-state index in [0.717, 1.165) is 10.6 Å². The van der Waals surface area contributed by atoms with Gasteiger partial charge in [-0.15, -0.1) is 11.8 Å². The first-order chi connectivity index (χ1) is 10.2. The van der Waals surface area contributed by atoms with E-state index in [1.807, 2.05) is 24.3 Å². The number of hydrogen-bond acceptors (Lipinski definition) is 6. The second-order valence-electron chi connectivity index (χ2n) is 3.94. The molecule has 0 unspecified atom stereocenters. The minimum atomic E-state index is 0.475. The molecule has 0 aliphatic heterocycles. The number of nitrogens with zero attached hydrogens (tertiary/aromatic N) is 2. The molecule has 1 amide bonds. The predicted molar refractivity (Wildman–Crippen MR) is 80.8 cm³/mol. The number of carbonyl (C=O) groups is 1. The van der Waals surface area contributed by atoms with Crippen LogP contribution in [0.15, 0.2) is 35.2 Å². The van der Waals surface area contributed by atoms with Crippen LogP contribution in [0.5, 0.6) is 11.8 Å². The highest BCUT2D eigenvalue weighted by atomic mass is 32.2. The van der Waals surface area contributed by atoms with Crippen LogP contribution in [0, 0.1) is 0 Å². The number of aromatic nitrogens is 2. The minimum Gasteiger partial charge on any atom is -0.481 e. The van der Waals surface area contributed by atoms with Crippen LogP contribution in [-0.4, -0.2) is 30.6 Å². The lowest BCUT2D eigenvalue weighted by Gasteiger charge is -2.06. The van der Waals surface area contributed by atoms with Gasteiger partial charge in [0, 0.05) is 10.6 Å². The number of anilines is 1. The number of methoxy groups -OCH3 is 2. The summed E-state index contributed by atoms with van der Waals surface area (Å²) in [6, 6.07) is 9.16. The standard InChI is InChI=1S/C14H15N3O3S/c1-19-13-7-14(20-2)17-12(16-13)8-21-11-5-3-10(4-6-11)15-9-18/h3-7,9H,8H2,1-2H3,(H,15,18). The first-order valence-electron chi connectivity index (χ1n) is 6.14. The maximum absolute atomic E-state index is 10.3. The number of carbonyl (C=O) groups excluding carboxylic acids is 1. The Morgan fingerprint density at radius 3 is 2.29 bits per heavy atom. The lowest BCUT2D eigenvalue weighted by atomic mass is 10.3. The summed E-state index contributed by atoms with van der Waals surface area (Å²) in [5, 5.41) is 2.59. The van der Waals surface area contributed by atoms with Gasteiger partial charge in [-0.1, -0.05) is 0 Å². The SMILES string of the molecule is COc1cc(OC)nc(CSc2ccc(NC=O)cc2)n1. The second kappa shape index (κ2) is 7.49. The van der Waals surface area contributed by atoms with Crippen molar-refractivity contribution in [3.63, 3.8) is 0 Å². The van der Waals surface area contributed by atoms with E-state index >= 15 is 0 Å². The molecule has 0 bridgehead atoms. The van der Waals surface area contributed by atoms with Crippen molar-refractivity contribution in [3.8, 4) is 11.8 Å². The van der Waals surface area contributed by atoms with Crippen LogP contribution in [0.25, 0.3) is 0 Å². The molecule has 1 heterocycles. The highest BCUT2D eigenvalue weighted by Crippen LogP contribution is 2.24. The minimum absolute atomic E-state index is 0.475. The van der Waals surface area contributed by atoms with E-state index in [9.17, 15) is 4.79 Å². The topological polar surface area (TPSA) is 73.3 Å². The third-order valence-electron chi connectivity index (χ3n) is 2.59. The Kier molecular flexibility index (Phi) is 5.39. The van der Waals surface area contributed by atoms with Crippen LogP contribution < -0.4 is 14.8 Å². The molecule has 110 valence electrons. The second-order valence-corrected chi connectivity index (χ2v) is 4.99. The summed E-state index contributed by atoms with van der Waals surface area (Å²) in [6.07, 6.45) is 0.651. The van der Waals surface area contributed by atoms with E-state index in [0.29, 0.717) is 29.7 Å². The summed E-state index contributed by atoms with van der Waals surface area (Å²) in [4.78, 5) is 19.9.